The normalized spacial score (nSPS) is 10.6. The third-order valence-electron chi connectivity index (χ3n) is 2.73. The van der Waals surface area contributed by atoms with Crippen molar-refractivity contribution in [1.29, 1.82) is 0 Å². The molecular weight excluding hydrogens is 187 g/mol. The summed E-state index contributed by atoms with van der Waals surface area (Å²) in [5.74, 6) is -0.142. The molecule has 0 aliphatic heterocycles. The van der Waals surface area contributed by atoms with E-state index in [1.54, 1.807) is 6.07 Å². The number of hydrogen-bond acceptors (Lipinski definition) is 0. The zero-order chi connectivity index (χ0) is 11.1. The Morgan fingerprint density at radius 3 is 2.47 bits per heavy atom. The zero-order valence-electron chi connectivity index (χ0n) is 9.78. The monoisotopic (exact) mass is 207 g/mol. The van der Waals surface area contributed by atoms with Crippen molar-refractivity contribution in [3.05, 3.63) is 35.1 Å². The summed E-state index contributed by atoms with van der Waals surface area (Å²) in [5, 5.41) is 0. The molecular formula is C14H20F. The summed E-state index contributed by atoms with van der Waals surface area (Å²) in [4.78, 5) is 0. The first-order valence-corrected chi connectivity index (χ1v) is 5.97. The number of hydrogen-bond donors (Lipinski definition) is 0. The molecule has 0 aliphatic rings. The van der Waals surface area contributed by atoms with Gasteiger partial charge >= 0.3 is 0 Å². The molecule has 0 atom stereocenters. The highest BCUT2D eigenvalue weighted by molar-refractivity contribution is 5.28. The van der Waals surface area contributed by atoms with Gasteiger partial charge in [0.1, 0.15) is 5.82 Å². The first kappa shape index (κ1) is 12.2. The average molecular weight is 207 g/mol. The van der Waals surface area contributed by atoms with Crippen molar-refractivity contribution < 1.29 is 4.39 Å². The van der Waals surface area contributed by atoms with Gasteiger partial charge in [0.2, 0.25) is 0 Å². The van der Waals surface area contributed by atoms with Crippen molar-refractivity contribution in [3.63, 3.8) is 0 Å². The van der Waals surface area contributed by atoms with Crippen LogP contribution in [0.25, 0.3) is 0 Å². The van der Waals surface area contributed by atoms with Gasteiger partial charge in [0.25, 0.3) is 0 Å². The fourth-order valence-electron chi connectivity index (χ4n) is 1.77. The number of aryl methyl sites for hydroxylation is 1. The molecule has 0 unspecified atom stereocenters. The highest BCUT2D eigenvalue weighted by Crippen LogP contribution is 2.18. The third-order valence-corrected chi connectivity index (χ3v) is 2.73. The molecule has 0 fully saturated rings. The van der Waals surface area contributed by atoms with Crippen LogP contribution in [-0.2, 0) is 12.8 Å². The lowest BCUT2D eigenvalue weighted by Crippen LogP contribution is -1.98. The lowest BCUT2D eigenvalue weighted by Gasteiger charge is -2.09. The number of rotatable bonds is 6. The van der Waals surface area contributed by atoms with E-state index in [0.29, 0.717) is 0 Å². The molecule has 0 saturated heterocycles. The molecule has 0 spiro atoms. The van der Waals surface area contributed by atoms with Crippen LogP contribution in [0, 0.1) is 11.9 Å². The molecule has 0 N–H and O–H groups in total. The molecule has 1 aromatic rings. The van der Waals surface area contributed by atoms with Gasteiger partial charge in [-0.1, -0.05) is 38.8 Å². The molecule has 0 heterocycles. The van der Waals surface area contributed by atoms with E-state index in [1.807, 2.05) is 6.07 Å². The van der Waals surface area contributed by atoms with Crippen molar-refractivity contribution in [1.82, 2.24) is 0 Å². The standard InChI is InChI=1S/C14H20F/c1-3-5-8-12-9-7-11-14(15)13(12)10-6-4-2/h7,9H,3-6,8,10H2,1-2H3. The van der Waals surface area contributed by atoms with Crippen LogP contribution in [-0.4, -0.2) is 0 Å². The van der Waals surface area contributed by atoms with Crippen LogP contribution in [0.1, 0.15) is 50.7 Å². The molecule has 1 aromatic carbocycles. The third kappa shape index (κ3) is 3.65. The molecule has 1 rings (SSSR count). The minimum absolute atomic E-state index is 0.142. The van der Waals surface area contributed by atoms with E-state index >= 15 is 0 Å². The zero-order valence-corrected chi connectivity index (χ0v) is 9.78. The summed E-state index contributed by atoms with van der Waals surface area (Å²) in [5.41, 5.74) is 2.08. The van der Waals surface area contributed by atoms with Crippen LogP contribution in [0.5, 0.6) is 0 Å². The van der Waals surface area contributed by atoms with Crippen molar-refractivity contribution in [2.24, 2.45) is 0 Å². The number of halogens is 1. The van der Waals surface area contributed by atoms with Crippen molar-refractivity contribution in [2.45, 2.75) is 52.4 Å². The number of unbranched alkanes of at least 4 members (excludes halogenated alkanes) is 2. The summed E-state index contributed by atoms with van der Waals surface area (Å²) in [7, 11) is 0. The van der Waals surface area contributed by atoms with E-state index in [0.717, 1.165) is 44.1 Å². The van der Waals surface area contributed by atoms with Gasteiger partial charge in [-0.05, 0) is 36.8 Å². The van der Waals surface area contributed by atoms with Gasteiger partial charge in [-0.25, -0.2) is 4.39 Å². The summed E-state index contributed by atoms with van der Waals surface area (Å²) >= 11 is 0. The maximum absolute atomic E-state index is 13.5. The molecule has 0 aliphatic carbocycles. The van der Waals surface area contributed by atoms with E-state index in [4.69, 9.17) is 0 Å². The molecule has 0 aromatic heterocycles. The maximum atomic E-state index is 13.5. The Labute approximate surface area is 92.5 Å². The van der Waals surface area contributed by atoms with Gasteiger partial charge in [-0.15, -0.1) is 0 Å². The Morgan fingerprint density at radius 1 is 1.13 bits per heavy atom. The highest BCUT2D eigenvalue weighted by atomic mass is 19.1. The van der Waals surface area contributed by atoms with E-state index in [-0.39, 0.29) is 5.82 Å². The van der Waals surface area contributed by atoms with Crippen LogP contribution in [0.4, 0.5) is 4.39 Å². The van der Waals surface area contributed by atoms with Crippen molar-refractivity contribution in [2.75, 3.05) is 0 Å². The molecule has 1 radical (unpaired) electrons. The Kier molecular flexibility index (Phi) is 5.38. The topological polar surface area (TPSA) is 0 Å². The van der Waals surface area contributed by atoms with Gasteiger partial charge in [0, 0.05) is 6.07 Å². The van der Waals surface area contributed by atoms with Gasteiger partial charge in [0.15, 0.2) is 0 Å². The molecule has 0 bridgehead atoms. The fraction of sp³-hybridized carbons (Fsp3) is 0.571. The SMILES string of the molecule is CCCCc1cc[c]c(F)c1CCCC. The van der Waals surface area contributed by atoms with Crippen molar-refractivity contribution >= 4 is 0 Å². The largest absolute Gasteiger partial charge is 0.206 e. The Balaban J connectivity index is 2.77. The van der Waals surface area contributed by atoms with Crippen LogP contribution >= 0.6 is 0 Å². The van der Waals surface area contributed by atoms with Crippen LogP contribution in [0.15, 0.2) is 12.1 Å². The van der Waals surface area contributed by atoms with Gasteiger partial charge < -0.3 is 0 Å². The molecule has 0 nitrogen and oxygen atoms in total. The summed E-state index contributed by atoms with van der Waals surface area (Å²) in [6.45, 7) is 4.30. The first-order valence-electron chi connectivity index (χ1n) is 5.97. The lowest BCUT2D eigenvalue weighted by atomic mass is 9.97. The second-order valence-corrected chi connectivity index (χ2v) is 4.00. The second-order valence-electron chi connectivity index (χ2n) is 4.00. The Hall–Kier alpha value is -0.850. The average Bonchev–Trinajstić information content (AvgIpc) is 2.25. The maximum Gasteiger partial charge on any atom is 0.134 e. The molecule has 0 saturated carbocycles. The Morgan fingerprint density at radius 2 is 1.80 bits per heavy atom. The molecule has 0 amide bonds. The van der Waals surface area contributed by atoms with E-state index in [2.05, 4.69) is 19.9 Å². The van der Waals surface area contributed by atoms with E-state index < -0.39 is 0 Å². The van der Waals surface area contributed by atoms with Gasteiger partial charge in [-0.3, -0.25) is 0 Å². The molecule has 15 heavy (non-hydrogen) atoms. The predicted octanol–water partition coefficient (Wildman–Crippen LogP) is 4.31. The smallest absolute Gasteiger partial charge is 0.134 e. The van der Waals surface area contributed by atoms with E-state index in [1.165, 1.54) is 5.56 Å². The summed E-state index contributed by atoms with van der Waals surface area (Å²) in [6, 6.07) is 6.38. The quantitative estimate of drug-likeness (QED) is 0.652. The predicted molar refractivity (Wildman–Crippen MR) is 62.5 cm³/mol. The fourth-order valence-corrected chi connectivity index (χ4v) is 1.77. The Bertz CT molecular complexity index is 291. The second kappa shape index (κ2) is 6.60. The van der Waals surface area contributed by atoms with E-state index in [9.17, 15) is 4.39 Å². The first-order chi connectivity index (χ1) is 7.29. The lowest BCUT2D eigenvalue weighted by molar-refractivity contribution is 0.595. The summed E-state index contributed by atoms with van der Waals surface area (Å²) in [6.07, 6.45) is 6.34. The molecule has 83 valence electrons. The summed E-state index contributed by atoms with van der Waals surface area (Å²) < 4.78 is 13.5. The highest BCUT2D eigenvalue weighted by Gasteiger charge is 2.07. The molecule has 1 heteroatoms. The number of benzene rings is 1. The van der Waals surface area contributed by atoms with Crippen LogP contribution < -0.4 is 0 Å². The van der Waals surface area contributed by atoms with Crippen molar-refractivity contribution in [3.8, 4) is 0 Å². The minimum atomic E-state index is -0.142. The van der Waals surface area contributed by atoms with Gasteiger partial charge in [0.05, 0.1) is 0 Å². The minimum Gasteiger partial charge on any atom is -0.206 e. The van der Waals surface area contributed by atoms with Crippen LogP contribution in [0.3, 0.4) is 0 Å². The van der Waals surface area contributed by atoms with Crippen LogP contribution in [0.2, 0.25) is 0 Å². The van der Waals surface area contributed by atoms with Gasteiger partial charge in [-0.2, -0.15) is 0 Å².